The summed E-state index contributed by atoms with van der Waals surface area (Å²) in [7, 11) is 0. The van der Waals surface area contributed by atoms with Crippen molar-refractivity contribution in [1.29, 1.82) is 0 Å². The maximum Gasteiger partial charge on any atom is 0.223 e. The summed E-state index contributed by atoms with van der Waals surface area (Å²) in [5.41, 5.74) is 2.09. The fourth-order valence-corrected chi connectivity index (χ4v) is 3.20. The smallest absolute Gasteiger partial charge is 0.223 e. The normalized spacial score (nSPS) is 16.0. The second kappa shape index (κ2) is 6.95. The number of amides is 1. The lowest BCUT2D eigenvalue weighted by atomic mass is 9.95. The molecule has 0 atom stereocenters. The summed E-state index contributed by atoms with van der Waals surface area (Å²) in [5.74, 6) is 1.02. The van der Waals surface area contributed by atoms with Gasteiger partial charge in [-0.3, -0.25) is 4.79 Å². The molecule has 0 aromatic carbocycles. The van der Waals surface area contributed by atoms with Crippen LogP contribution in [-0.2, 0) is 11.2 Å². The van der Waals surface area contributed by atoms with E-state index >= 15 is 0 Å². The van der Waals surface area contributed by atoms with Crippen LogP contribution in [0.25, 0.3) is 11.0 Å². The lowest BCUT2D eigenvalue weighted by Crippen LogP contribution is -2.41. The van der Waals surface area contributed by atoms with Gasteiger partial charge in [0.1, 0.15) is 17.8 Å². The number of carbonyl (C=O) groups is 1. The van der Waals surface area contributed by atoms with E-state index in [0.717, 1.165) is 49.2 Å². The Kier molecular flexibility index (Phi) is 4.76. The minimum Gasteiger partial charge on any atom is -0.395 e. The van der Waals surface area contributed by atoms with E-state index in [1.807, 2.05) is 6.20 Å². The summed E-state index contributed by atoms with van der Waals surface area (Å²) < 4.78 is 0. The molecule has 2 aromatic heterocycles. The number of aliphatic hydroxyl groups is 1. The van der Waals surface area contributed by atoms with Gasteiger partial charge in [-0.2, -0.15) is 0 Å². The molecule has 124 valence electrons. The summed E-state index contributed by atoms with van der Waals surface area (Å²) in [6, 6.07) is 0. The monoisotopic (exact) mass is 317 g/mol. The molecule has 1 aliphatic heterocycles. The number of nitrogens with one attached hydrogen (secondary N) is 2. The van der Waals surface area contributed by atoms with Crippen molar-refractivity contribution in [3.63, 3.8) is 0 Å². The first-order chi connectivity index (χ1) is 11.2. The fourth-order valence-electron chi connectivity index (χ4n) is 3.20. The van der Waals surface area contributed by atoms with Crippen molar-refractivity contribution in [1.82, 2.24) is 20.3 Å². The first-order valence-corrected chi connectivity index (χ1v) is 8.19. The zero-order valence-electron chi connectivity index (χ0n) is 13.4. The van der Waals surface area contributed by atoms with Gasteiger partial charge in [-0.25, -0.2) is 9.97 Å². The maximum atomic E-state index is 12.0. The molecule has 3 heterocycles. The molecule has 1 amide bonds. The van der Waals surface area contributed by atoms with Crippen molar-refractivity contribution >= 4 is 22.8 Å². The van der Waals surface area contributed by atoms with Gasteiger partial charge in [0, 0.05) is 31.7 Å². The van der Waals surface area contributed by atoms with Crippen molar-refractivity contribution in [3.8, 4) is 0 Å². The summed E-state index contributed by atoms with van der Waals surface area (Å²) in [6.07, 6.45) is 6.12. The molecule has 7 nitrogen and oxygen atoms in total. The highest BCUT2D eigenvalue weighted by atomic mass is 16.3. The Labute approximate surface area is 135 Å². The number of aryl methyl sites for hydroxylation is 1. The van der Waals surface area contributed by atoms with Crippen molar-refractivity contribution in [3.05, 3.63) is 18.1 Å². The van der Waals surface area contributed by atoms with Crippen LogP contribution in [0.4, 0.5) is 5.82 Å². The van der Waals surface area contributed by atoms with Gasteiger partial charge < -0.3 is 20.3 Å². The highest BCUT2D eigenvalue weighted by molar-refractivity contribution is 5.91. The maximum absolute atomic E-state index is 12.0. The number of carbonyl (C=O) groups excluding carboxylic acids is 1. The van der Waals surface area contributed by atoms with E-state index in [-0.39, 0.29) is 18.4 Å². The standard InChI is InChI=1S/C16H23N5O2/c1-2-11-9-18-14-13(11)15(20-10-19-14)21-6-3-12(4-7-21)16(23)17-5-8-22/h9-10,12,22H,2-8H2,1H3,(H,17,23)(H,18,19,20). The highest BCUT2D eigenvalue weighted by Gasteiger charge is 2.26. The van der Waals surface area contributed by atoms with Crippen LogP contribution in [0.1, 0.15) is 25.3 Å². The van der Waals surface area contributed by atoms with Crippen LogP contribution in [0.5, 0.6) is 0 Å². The van der Waals surface area contributed by atoms with Gasteiger partial charge in [0.05, 0.1) is 12.0 Å². The zero-order chi connectivity index (χ0) is 16.2. The third-order valence-electron chi connectivity index (χ3n) is 4.49. The first kappa shape index (κ1) is 15.7. The van der Waals surface area contributed by atoms with E-state index in [1.165, 1.54) is 5.56 Å². The van der Waals surface area contributed by atoms with E-state index < -0.39 is 0 Å². The number of rotatable bonds is 5. The molecule has 3 N–H and O–H groups in total. The lowest BCUT2D eigenvalue weighted by molar-refractivity contribution is -0.125. The Balaban J connectivity index is 1.73. The Morgan fingerprint density at radius 3 is 2.91 bits per heavy atom. The van der Waals surface area contributed by atoms with Crippen LogP contribution in [0.3, 0.4) is 0 Å². The number of anilines is 1. The molecule has 0 spiro atoms. The number of fused-ring (bicyclic) bond motifs is 1. The van der Waals surface area contributed by atoms with Crippen LogP contribution >= 0.6 is 0 Å². The second-order valence-electron chi connectivity index (χ2n) is 5.86. The minimum atomic E-state index is -0.0171. The van der Waals surface area contributed by atoms with Crippen molar-refractivity contribution in [2.75, 3.05) is 31.1 Å². The summed E-state index contributed by atoms with van der Waals surface area (Å²) in [5, 5.41) is 12.7. The van der Waals surface area contributed by atoms with Gasteiger partial charge in [0.15, 0.2) is 0 Å². The molecule has 0 bridgehead atoms. The van der Waals surface area contributed by atoms with Gasteiger partial charge in [0.2, 0.25) is 5.91 Å². The van der Waals surface area contributed by atoms with E-state index in [4.69, 9.17) is 5.11 Å². The van der Waals surface area contributed by atoms with Crippen LogP contribution in [0, 0.1) is 5.92 Å². The number of aromatic amines is 1. The summed E-state index contributed by atoms with van der Waals surface area (Å²) in [6.45, 7) is 4.04. The molecule has 2 aromatic rings. The predicted molar refractivity (Wildman–Crippen MR) is 88.3 cm³/mol. The first-order valence-electron chi connectivity index (χ1n) is 8.19. The minimum absolute atomic E-state index is 0.0171. The molecule has 0 saturated carbocycles. The number of hydrogen-bond acceptors (Lipinski definition) is 5. The van der Waals surface area contributed by atoms with Crippen LogP contribution in [0.2, 0.25) is 0 Å². The molecule has 3 rings (SSSR count). The van der Waals surface area contributed by atoms with Crippen LogP contribution in [0.15, 0.2) is 12.5 Å². The fraction of sp³-hybridized carbons (Fsp3) is 0.562. The Morgan fingerprint density at radius 2 is 2.22 bits per heavy atom. The third-order valence-corrected chi connectivity index (χ3v) is 4.49. The number of hydrogen-bond donors (Lipinski definition) is 3. The van der Waals surface area contributed by atoms with E-state index in [2.05, 4.69) is 32.1 Å². The predicted octanol–water partition coefficient (Wildman–Crippen LogP) is 0.845. The lowest BCUT2D eigenvalue weighted by Gasteiger charge is -2.32. The summed E-state index contributed by atoms with van der Waals surface area (Å²) >= 11 is 0. The van der Waals surface area contributed by atoms with Gasteiger partial charge in [-0.15, -0.1) is 0 Å². The largest absolute Gasteiger partial charge is 0.395 e. The van der Waals surface area contributed by atoms with Crippen LogP contribution in [-0.4, -0.2) is 52.2 Å². The molecule has 7 heteroatoms. The number of aliphatic hydroxyl groups excluding tert-OH is 1. The van der Waals surface area contributed by atoms with Crippen molar-refractivity contribution in [2.24, 2.45) is 5.92 Å². The zero-order valence-corrected chi connectivity index (χ0v) is 13.4. The molecule has 23 heavy (non-hydrogen) atoms. The summed E-state index contributed by atoms with van der Waals surface area (Å²) in [4.78, 5) is 26.2. The molecule has 1 saturated heterocycles. The van der Waals surface area contributed by atoms with Gasteiger partial charge >= 0.3 is 0 Å². The Hall–Kier alpha value is -2.15. The second-order valence-corrected chi connectivity index (χ2v) is 5.86. The van der Waals surface area contributed by atoms with E-state index in [9.17, 15) is 4.79 Å². The SMILES string of the molecule is CCc1c[nH]c2ncnc(N3CCC(C(=O)NCCO)CC3)c12. The molecule has 0 unspecified atom stereocenters. The van der Waals surface area contributed by atoms with Gasteiger partial charge in [-0.1, -0.05) is 6.92 Å². The molecule has 1 fully saturated rings. The number of piperidine rings is 1. The number of H-pyrrole nitrogens is 1. The topological polar surface area (TPSA) is 94.1 Å². The molecule has 0 aliphatic carbocycles. The van der Waals surface area contributed by atoms with E-state index in [1.54, 1.807) is 6.33 Å². The van der Waals surface area contributed by atoms with Gasteiger partial charge in [-0.05, 0) is 24.8 Å². The molecular formula is C16H23N5O2. The van der Waals surface area contributed by atoms with Crippen molar-refractivity contribution in [2.45, 2.75) is 26.2 Å². The van der Waals surface area contributed by atoms with Crippen molar-refractivity contribution < 1.29 is 9.90 Å². The molecule has 0 radical (unpaired) electrons. The van der Waals surface area contributed by atoms with Crippen LogP contribution < -0.4 is 10.2 Å². The Bertz CT molecular complexity index is 676. The quantitative estimate of drug-likeness (QED) is 0.760. The average molecular weight is 317 g/mol. The molecule has 1 aliphatic rings. The Morgan fingerprint density at radius 1 is 1.43 bits per heavy atom. The third kappa shape index (κ3) is 3.14. The van der Waals surface area contributed by atoms with Gasteiger partial charge in [0.25, 0.3) is 0 Å². The highest BCUT2D eigenvalue weighted by Crippen LogP contribution is 2.29. The average Bonchev–Trinajstić information content (AvgIpc) is 3.03. The van der Waals surface area contributed by atoms with E-state index in [0.29, 0.717) is 6.54 Å². The number of nitrogens with zero attached hydrogens (tertiary/aromatic N) is 3. The molecular weight excluding hydrogens is 294 g/mol. The number of aromatic nitrogens is 3.